The Morgan fingerprint density at radius 1 is 1.15 bits per heavy atom. The third kappa shape index (κ3) is 4.51. The number of nitrogens with one attached hydrogen (secondary N) is 2. The van der Waals surface area contributed by atoms with Gasteiger partial charge in [0.05, 0.1) is 22.4 Å². The van der Waals surface area contributed by atoms with Crippen molar-refractivity contribution in [3.8, 4) is 0 Å². The molecule has 176 valence electrons. The topological polar surface area (TPSA) is 96.8 Å². The van der Waals surface area contributed by atoms with Gasteiger partial charge in [-0.25, -0.2) is 4.98 Å². The molecule has 0 spiro atoms. The van der Waals surface area contributed by atoms with E-state index in [9.17, 15) is 27.6 Å². The number of thiophene rings is 1. The summed E-state index contributed by atoms with van der Waals surface area (Å²) in [5.41, 5.74) is 0.810. The Hall–Kier alpha value is -3.73. The van der Waals surface area contributed by atoms with Gasteiger partial charge in [0, 0.05) is 18.0 Å². The summed E-state index contributed by atoms with van der Waals surface area (Å²) in [5, 5.41) is 3.06. The number of benzene rings is 1. The smallest absolute Gasteiger partial charge is 0.321 e. The highest BCUT2D eigenvalue weighted by molar-refractivity contribution is 7.20. The molecular weight excluding hydrogens is 469 g/mol. The molecule has 4 rings (SSSR count). The minimum atomic E-state index is -4.62. The number of anilines is 1. The van der Waals surface area contributed by atoms with Crippen molar-refractivity contribution in [1.29, 1.82) is 0 Å². The molecule has 1 aromatic carbocycles. The second-order valence-electron chi connectivity index (χ2n) is 7.90. The molecule has 3 aromatic heterocycles. The minimum Gasteiger partial charge on any atom is -0.321 e. The predicted molar refractivity (Wildman–Crippen MR) is 124 cm³/mol. The number of aromatic nitrogens is 3. The first-order chi connectivity index (χ1) is 15.9. The lowest BCUT2D eigenvalue weighted by atomic mass is 10.1. The van der Waals surface area contributed by atoms with Crippen LogP contribution in [0.25, 0.3) is 10.2 Å². The second-order valence-corrected chi connectivity index (χ2v) is 8.90. The lowest BCUT2D eigenvalue weighted by Gasteiger charge is -2.10. The summed E-state index contributed by atoms with van der Waals surface area (Å²) >= 11 is 1.00. The number of carbonyl (C=O) groups is 1. The molecule has 0 saturated carbocycles. The molecule has 0 unspecified atom stereocenters. The van der Waals surface area contributed by atoms with Crippen LogP contribution in [0.4, 0.5) is 18.9 Å². The molecule has 4 aromatic rings. The van der Waals surface area contributed by atoms with Crippen molar-refractivity contribution in [1.82, 2.24) is 14.5 Å². The van der Waals surface area contributed by atoms with Crippen LogP contribution in [0.3, 0.4) is 0 Å². The van der Waals surface area contributed by atoms with E-state index < -0.39 is 28.8 Å². The maximum atomic E-state index is 13.0. The molecule has 0 radical (unpaired) electrons. The average Bonchev–Trinajstić information content (AvgIpc) is 3.07. The van der Waals surface area contributed by atoms with Gasteiger partial charge in [0.15, 0.2) is 0 Å². The maximum Gasteiger partial charge on any atom is 0.417 e. The fraction of sp³-hybridized carbons (Fsp3) is 0.217. The third-order valence-corrected chi connectivity index (χ3v) is 6.50. The Kier molecular flexibility index (Phi) is 5.90. The van der Waals surface area contributed by atoms with Crippen molar-refractivity contribution < 1.29 is 18.0 Å². The number of aromatic amines is 1. The van der Waals surface area contributed by atoms with Crippen LogP contribution in [0.5, 0.6) is 0 Å². The van der Waals surface area contributed by atoms with E-state index in [4.69, 9.17) is 0 Å². The van der Waals surface area contributed by atoms with E-state index in [0.717, 1.165) is 33.1 Å². The molecule has 34 heavy (non-hydrogen) atoms. The van der Waals surface area contributed by atoms with Crippen molar-refractivity contribution >= 4 is 33.1 Å². The Morgan fingerprint density at radius 2 is 1.88 bits per heavy atom. The van der Waals surface area contributed by atoms with Gasteiger partial charge in [-0.2, -0.15) is 13.2 Å². The zero-order valence-corrected chi connectivity index (χ0v) is 19.1. The normalized spacial score (nSPS) is 11.7. The second kappa shape index (κ2) is 8.56. The van der Waals surface area contributed by atoms with Crippen molar-refractivity contribution in [2.75, 3.05) is 5.32 Å². The molecule has 0 aliphatic carbocycles. The summed E-state index contributed by atoms with van der Waals surface area (Å²) < 4.78 is 39.8. The third-order valence-electron chi connectivity index (χ3n) is 5.32. The number of nitrogens with zero attached hydrogens (tertiary/aromatic N) is 2. The molecule has 1 amide bonds. The van der Waals surface area contributed by atoms with Gasteiger partial charge in [-0.3, -0.25) is 14.4 Å². The van der Waals surface area contributed by atoms with E-state index >= 15 is 0 Å². The fourth-order valence-electron chi connectivity index (χ4n) is 3.60. The van der Waals surface area contributed by atoms with E-state index in [2.05, 4.69) is 15.3 Å². The summed E-state index contributed by atoms with van der Waals surface area (Å²) in [6.45, 7) is 5.07. The summed E-state index contributed by atoms with van der Waals surface area (Å²) in [6.07, 6.45) is -3.95. The van der Waals surface area contributed by atoms with Crippen LogP contribution in [0.1, 0.15) is 37.7 Å². The molecule has 0 aliphatic rings. The number of H-pyrrole nitrogens is 1. The van der Waals surface area contributed by atoms with Gasteiger partial charge in [0.2, 0.25) is 0 Å². The van der Waals surface area contributed by atoms with Gasteiger partial charge in [0.25, 0.3) is 17.0 Å². The van der Waals surface area contributed by atoms with E-state index in [1.165, 1.54) is 0 Å². The standard InChI is InChI=1S/C23H19F3N4O3S/c1-11-4-6-15(12(2)8-11)27-21(33)19-13(3)18-20(32)28-16(29-22(18)34-19)10-30-9-14(23(24,25)26)5-7-17(30)31/h4-9H,10H2,1-3H3,(H,27,33)(H,28,29,32). The highest BCUT2D eigenvalue weighted by Crippen LogP contribution is 2.29. The van der Waals surface area contributed by atoms with Crippen molar-refractivity contribution in [3.63, 3.8) is 0 Å². The quantitative estimate of drug-likeness (QED) is 0.445. The van der Waals surface area contributed by atoms with Crippen LogP contribution in [0.15, 0.2) is 46.1 Å². The Bertz CT molecular complexity index is 1550. The Balaban J connectivity index is 1.69. The van der Waals surface area contributed by atoms with Gasteiger partial charge in [-0.1, -0.05) is 17.7 Å². The van der Waals surface area contributed by atoms with E-state index in [-0.39, 0.29) is 22.6 Å². The molecule has 0 saturated heterocycles. The lowest BCUT2D eigenvalue weighted by Crippen LogP contribution is -2.24. The SMILES string of the molecule is Cc1ccc(NC(=O)c2sc3nc(Cn4cc(C(F)(F)F)ccc4=O)[nH]c(=O)c3c2C)c(C)c1. The highest BCUT2D eigenvalue weighted by Gasteiger charge is 2.31. The maximum absolute atomic E-state index is 13.0. The minimum absolute atomic E-state index is 0.00140. The van der Waals surface area contributed by atoms with Gasteiger partial charge in [0.1, 0.15) is 10.7 Å². The summed E-state index contributed by atoms with van der Waals surface area (Å²) in [6, 6.07) is 7.10. The number of alkyl halides is 3. The molecule has 2 N–H and O–H groups in total. The molecule has 0 aliphatic heterocycles. The van der Waals surface area contributed by atoms with Crippen LogP contribution < -0.4 is 16.4 Å². The van der Waals surface area contributed by atoms with Gasteiger partial charge in [-0.05, 0) is 44.0 Å². The number of pyridine rings is 1. The number of halogens is 3. The van der Waals surface area contributed by atoms with Gasteiger partial charge >= 0.3 is 6.18 Å². The zero-order chi connectivity index (χ0) is 24.8. The van der Waals surface area contributed by atoms with E-state index in [1.54, 1.807) is 13.0 Å². The van der Waals surface area contributed by atoms with Crippen LogP contribution in [0, 0.1) is 20.8 Å². The van der Waals surface area contributed by atoms with E-state index in [0.29, 0.717) is 28.4 Å². The number of amides is 1. The first kappa shape index (κ1) is 23.4. The number of aryl methyl sites for hydroxylation is 3. The molecule has 0 atom stereocenters. The lowest BCUT2D eigenvalue weighted by molar-refractivity contribution is -0.138. The van der Waals surface area contributed by atoms with Crippen LogP contribution in [-0.4, -0.2) is 20.4 Å². The Labute approximate surface area is 194 Å². The average molecular weight is 488 g/mol. The predicted octanol–water partition coefficient (Wildman–Crippen LogP) is 4.39. The van der Waals surface area contributed by atoms with Crippen LogP contribution in [-0.2, 0) is 12.7 Å². The molecule has 7 nitrogen and oxygen atoms in total. The van der Waals surface area contributed by atoms with Crippen LogP contribution >= 0.6 is 11.3 Å². The number of rotatable bonds is 4. The largest absolute Gasteiger partial charge is 0.417 e. The molecule has 0 fully saturated rings. The first-order valence-electron chi connectivity index (χ1n) is 10.1. The zero-order valence-electron chi connectivity index (χ0n) is 18.3. The number of carbonyl (C=O) groups excluding carboxylic acids is 1. The van der Waals surface area contributed by atoms with Gasteiger partial charge in [-0.15, -0.1) is 11.3 Å². The molecule has 0 bridgehead atoms. The number of fused-ring (bicyclic) bond motifs is 1. The monoisotopic (exact) mass is 488 g/mol. The molecule has 11 heteroatoms. The van der Waals surface area contributed by atoms with Crippen molar-refractivity contribution in [2.24, 2.45) is 0 Å². The summed E-state index contributed by atoms with van der Waals surface area (Å²) in [4.78, 5) is 45.0. The molecule has 3 heterocycles. The number of hydrogen-bond donors (Lipinski definition) is 2. The number of hydrogen-bond acceptors (Lipinski definition) is 5. The summed E-state index contributed by atoms with van der Waals surface area (Å²) in [7, 11) is 0. The highest BCUT2D eigenvalue weighted by atomic mass is 32.1. The van der Waals surface area contributed by atoms with Crippen molar-refractivity contribution in [2.45, 2.75) is 33.5 Å². The fourth-order valence-corrected chi connectivity index (χ4v) is 4.69. The Morgan fingerprint density at radius 3 is 2.56 bits per heavy atom. The van der Waals surface area contributed by atoms with E-state index in [1.807, 2.05) is 26.0 Å². The van der Waals surface area contributed by atoms with Gasteiger partial charge < -0.3 is 14.9 Å². The molecular formula is C23H19F3N4O3S. The summed E-state index contributed by atoms with van der Waals surface area (Å²) in [5.74, 6) is -0.399. The van der Waals surface area contributed by atoms with Crippen LogP contribution in [0.2, 0.25) is 0 Å². The van der Waals surface area contributed by atoms with Crippen molar-refractivity contribution in [3.05, 3.63) is 90.2 Å². The first-order valence-corrected chi connectivity index (χ1v) is 10.9.